The number of hydrogen-bond donors (Lipinski definition) is 0. The molecule has 2 saturated carbocycles. The van der Waals surface area contributed by atoms with Gasteiger partial charge in [0.1, 0.15) is 0 Å². The number of likely N-dealkylation sites (tertiary alicyclic amines) is 1. The summed E-state index contributed by atoms with van der Waals surface area (Å²) in [6, 6.07) is 20.4. The Bertz CT molecular complexity index is 932. The van der Waals surface area contributed by atoms with Gasteiger partial charge in [-0.1, -0.05) is 72.8 Å². The first-order valence-electron chi connectivity index (χ1n) is 9.84. The fourth-order valence-electron chi connectivity index (χ4n) is 6.32. The van der Waals surface area contributed by atoms with Crippen molar-refractivity contribution in [2.45, 2.75) is 18.9 Å². The fourth-order valence-corrected chi connectivity index (χ4v) is 6.32. The number of imide groups is 1. The molecule has 2 aromatic carbocycles. The zero-order valence-electron chi connectivity index (χ0n) is 15.0. The Kier molecular flexibility index (Phi) is 2.96. The number of fused-ring (bicyclic) bond motifs is 3. The van der Waals surface area contributed by atoms with Crippen LogP contribution in [0.5, 0.6) is 0 Å². The van der Waals surface area contributed by atoms with Gasteiger partial charge in [0.2, 0.25) is 11.8 Å². The van der Waals surface area contributed by atoms with E-state index in [9.17, 15) is 9.59 Å². The third-order valence-corrected chi connectivity index (χ3v) is 7.46. The highest BCUT2D eigenvalue weighted by Gasteiger charge is 2.77. The minimum Gasteiger partial charge on any atom is -0.278 e. The molecule has 0 radical (unpaired) electrons. The highest BCUT2D eigenvalue weighted by molar-refractivity contribution is 6.06. The summed E-state index contributed by atoms with van der Waals surface area (Å²) in [5.74, 6) is 0.713. The number of carbonyl (C=O) groups is 2. The molecule has 134 valence electrons. The van der Waals surface area contributed by atoms with Gasteiger partial charge in [-0.05, 0) is 40.7 Å². The predicted molar refractivity (Wildman–Crippen MR) is 101 cm³/mol. The third kappa shape index (κ3) is 1.87. The normalized spacial score (nSPS) is 38.1. The topological polar surface area (TPSA) is 37.4 Å². The second kappa shape index (κ2) is 5.19. The van der Waals surface area contributed by atoms with Crippen molar-refractivity contribution in [3.63, 3.8) is 0 Å². The quantitative estimate of drug-likeness (QED) is 0.621. The summed E-state index contributed by atoms with van der Waals surface area (Å²) >= 11 is 0. The van der Waals surface area contributed by atoms with E-state index in [1.165, 1.54) is 10.5 Å². The molecule has 3 heteroatoms. The van der Waals surface area contributed by atoms with Gasteiger partial charge in [0.05, 0.1) is 18.4 Å². The summed E-state index contributed by atoms with van der Waals surface area (Å²) in [5, 5.41) is 0. The van der Waals surface area contributed by atoms with E-state index < -0.39 is 0 Å². The summed E-state index contributed by atoms with van der Waals surface area (Å²) in [6.07, 6.45) is 5.59. The van der Waals surface area contributed by atoms with Gasteiger partial charge in [-0.25, -0.2) is 0 Å². The SMILES string of the molecule is O=C1C2C(C(=O)N1Cc1ccccc1)C1C=CC2C12CC2c1ccccc1. The lowest BCUT2D eigenvalue weighted by Gasteiger charge is -2.23. The minimum absolute atomic E-state index is 0.0452. The molecule has 0 aromatic heterocycles. The molecule has 5 atom stereocenters. The standard InChI is InChI=1S/C24H21NO2/c26-22-20-17-11-12-18(24(17)13-19(24)16-9-5-2-6-10-16)21(20)23(27)25(22)14-15-7-3-1-4-8-15/h1-12,17-21H,13-14H2. The van der Waals surface area contributed by atoms with Crippen LogP contribution in [0.4, 0.5) is 0 Å². The number of hydrogen-bond acceptors (Lipinski definition) is 2. The van der Waals surface area contributed by atoms with Crippen LogP contribution in [0.2, 0.25) is 0 Å². The molecule has 3 fully saturated rings. The maximum absolute atomic E-state index is 13.2. The average Bonchev–Trinajstić information content (AvgIpc) is 3.21. The van der Waals surface area contributed by atoms with Gasteiger partial charge in [0.15, 0.2) is 0 Å². The molecule has 1 saturated heterocycles. The zero-order chi connectivity index (χ0) is 18.2. The van der Waals surface area contributed by atoms with Gasteiger partial charge in [-0.15, -0.1) is 0 Å². The lowest BCUT2D eigenvalue weighted by atomic mass is 9.85. The van der Waals surface area contributed by atoms with Crippen molar-refractivity contribution in [2.24, 2.45) is 29.1 Å². The molecule has 5 unspecified atom stereocenters. The Morgan fingerprint density at radius 2 is 1.37 bits per heavy atom. The van der Waals surface area contributed by atoms with Crippen molar-refractivity contribution in [3.8, 4) is 0 Å². The summed E-state index contributed by atoms with van der Waals surface area (Å²) in [4.78, 5) is 28.0. The Labute approximate surface area is 158 Å². The predicted octanol–water partition coefficient (Wildman–Crippen LogP) is 3.78. The van der Waals surface area contributed by atoms with E-state index in [2.05, 4.69) is 36.4 Å². The lowest BCUT2D eigenvalue weighted by Crippen LogP contribution is -2.34. The van der Waals surface area contributed by atoms with E-state index in [1.807, 2.05) is 36.4 Å². The van der Waals surface area contributed by atoms with Crippen molar-refractivity contribution in [1.82, 2.24) is 4.90 Å². The molecule has 2 bridgehead atoms. The number of carbonyl (C=O) groups excluding carboxylic acids is 2. The Morgan fingerprint density at radius 1 is 0.815 bits per heavy atom. The maximum Gasteiger partial charge on any atom is 0.234 e. The number of rotatable bonds is 3. The van der Waals surface area contributed by atoms with E-state index in [4.69, 9.17) is 0 Å². The highest BCUT2D eigenvalue weighted by atomic mass is 16.2. The first-order valence-corrected chi connectivity index (χ1v) is 9.84. The fraction of sp³-hybridized carbons (Fsp3) is 0.333. The molecule has 27 heavy (non-hydrogen) atoms. The van der Waals surface area contributed by atoms with E-state index in [1.54, 1.807) is 0 Å². The van der Waals surface area contributed by atoms with Crippen molar-refractivity contribution in [1.29, 1.82) is 0 Å². The van der Waals surface area contributed by atoms with Crippen LogP contribution < -0.4 is 0 Å². The molecular formula is C24H21NO2. The molecular weight excluding hydrogens is 334 g/mol. The second-order valence-electron chi connectivity index (χ2n) is 8.52. The van der Waals surface area contributed by atoms with E-state index >= 15 is 0 Å². The first-order chi connectivity index (χ1) is 13.2. The molecule has 2 amide bonds. The van der Waals surface area contributed by atoms with Gasteiger partial charge >= 0.3 is 0 Å². The van der Waals surface area contributed by atoms with Crippen LogP contribution >= 0.6 is 0 Å². The van der Waals surface area contributed by atoms with Crippen molar-refractivity contribution in [3.05, 3.63) is 83.9 Å². The van der Waals surface area contributed by atoms with Gasteiger partial charge in [0, 0.05) is 0 Å². The monoisotopic (exact) mass is 355 g/mol. The van der Waals surface area contributed by atoms with Crippen LogP contribution in [0, 0.1) is 29.1 Å². The number of nitrogens with zero attached hydrogens (tertiary/aromatic N) is 1. The van der Waals surface area contributed by atoms with Crippen LogP contribution in [0.1, 0.15) is 23.5 Å². The number of amides is 2. The first kappa shape index (κ1) is 15.4. The average molecular weight is 355 g/mol. The van der Waals surface area contributed by atoms with E-state index in [-0.39, 0.29) is 40.9 Å². The largest absolute Gasteiger partial charge is 0.278 e. The summed E-state index contributed by atoms with van der Waals surface area (Å²) in [6.45, 7) is 0.403. The second-order valence-corrected chi connectivity index (χ2v) is 8.52. The molecule has 0 N–H and O–H groups in total. The summed E-state index contributed by atoms with van der Waals surface area (Å²) < 4.78 is 0. The van der Waals surface area contributed by atoms with E-state index in [0.29, 0.717) is 12.5 Å². The lowest BCUT2D eigenvalue weighted by molar-refractivity contribution is -0.141. The molecule has 3 aliphatic carbocycles. The van der Waals surface area contributed by atoms with Crippen molar-refractivity contribution in [2.75, 3.05) is 0 Å². The van der Waals surface area contributed by atoms with Crippen LogP contribution in [-0.4, -0.2) is 16.7 Å². The van der Waals surface area contributed by atoms with E-state index in [0.717, 1.165) is 12.0 Å². The molecule has 3 nitrogen and oxygen atoms in total. The van der Waals surface area contributed by atoms with Crippen LogP contribution in [0.3, 0.4) is 0 Å². The molecule has 1 heterocycles. The van der Waals surface area contributed by atoms with Crippen LogP contribution in [0.25, 0.3) is 0 Å². The summed E-state index contributed by atoms with van der Waals surface area (Å²) in [7, 11) is 0. The summed E-state index contributed by atoms with van der Waals surface area (Å²) in [5.41, 5.74) is 2.49. The minimum atomic E-state index is -0.148. The molecule has 1 aliphatic heterocycles. The molecule has 2 aromatic rings. The molecule has 1 spiro atoms. The van der Waals surface area contributed by atoms with Gasteiger partial charge < -0.3 is 0 Å². The third-order valence-electron chi connectivity index (χ3n) is 7.46. The maximum atomic E-state index is 13.2. The van der Waals surface area contributed by atoms with Crippen molar-refractivity contribution >= 4 is 11.8 Å². The van der Waals surface area contributed by atoms with Crippen molar-refractivity contribution < 1.29 is 9.59 Å². The molecule has 4 aliphatic rings. The Balaban J connectivity index is 1.31. The van der Waals surface area contributed by atoms with Gasteiger partial charge in [-0.3, -0.25) is 14.5 Å². The zero-order valence-corrected chi connectivity index (χ0v) is 15.0. The molecule has 6 rings (SSSR count). The smallest absolute Gasteiger partial charge is 0.234 e. The van der Waals surface area contributed by atoms with Gasteiger partial charge in [-0.2, -0.15) is 0 Å². The van der Waals surface area contributed by atoms with Gasteiger partial charge in [0.25, 0.3) is 0 Å². The Morgan fingerprint density at radius 3 is 1.96 bits per heavy atom. The van der Waals surface area contributed by atoms with Crippen LogP contribution in [-0.2, 0) is 16.1 Å². The highest BCUT2D eigenvalue weighted by Crippen LogP contribution is 2.79. The number of benzene rings is 2. The number of allylic oxidation sites excluding steroid dienone is 2. The van der Waals surface area contributed by atoms with Crippen LogP contribution in [0.15, 0.2) is 72.8 Å². The Hall–Kier alpha value is -2.68.